The molecule has 0 unspecified atom stereocenters. The van der Waals surface area contributed by atoms with E-state index in [0.29, 0.717) is 5.76 Å². The summed E-state index contributed by atoms with van der Waals surface area (Å²) in [5, 5.41) is 0. The van der Waals surface area contributed by atoms with E-state index < -0.39 is 0 Å². The Labute approximate surface area is 70.6 Å². The van der Waals surface area contributed by atoms with Gasteiger partial charge in [0.15, 0.2) is 0 Å². The van der Waals surface area contributed by atoms with E-state index in [0.717, 1.165) is 0 Å². The van der Waals surface area contributed by atoms with E-state index in [-0.39, 0.29) is 4.51 Å². The second-order valence-electron chi connectivity index (χ2n) is 1.35. The van der Waals surface area contributed by atoms with Gasteiger partial charge in [0.1, 0.15) is 5.76 Å². The fourth-order valence-corrected chi connectivity index (χ4v) is 0.538. The van der Waals surface area contributed by atoms with Crippen LogP contribution in [0.1, 0.15) is 0 Å². The van der Waals surface area contributed by atoms with Gasteiger partial charge < -0.3 is 4.74 Å². The van der Waals surface area contributed by atoms with Crippen molar-refractivity contribution in [2.75, 3.05) is 0 Å². The summed E-state index contributed by atoms with van der Waals surface area (Å²) in [6.07, 6.45) is 4.67. The molecule has 0 N–H and O–H groups in total. The Morgan fingerprint density at radius 1 is 1.50 bits per heavy atom. The third kappa shape index (κ3) is 4.30. The zero-order chi connectivity index (χ0) is 7.98. The number of thiocarbonyl (C=S) groups is 1. The average molecular weight is 175 g/mol. The van der Waals surface area contributed by atoms with Gasteiger partial charge in [-0.05, 0) is 36.0 Å². The molecular weight excluding hydrogens is 168 g/mol. The van der Waals surface area contributed by atoms with E-state index in [9.17, 15) is 0 Å². The number of allylic oxidation sites excluding steroid dienone is 3. The van der Waals surface area contributed by atoms with Crippen molar-refractivity contribution >= 4 is 28.3 Å². The van der Waals surface area contributed by atoms with E-state index >= 15 is 0 Å². The van der Waals surface area contributed by atoms with Gasteiger partial charge in [-0.25, -0.2) is 0 Å². The van der Waals surface area contributed by atoms with Crippen LogP contribution in [0.2, 0.25) is 0 Å². The van der Waals surface area contributed by atoms with Crippen molar-refractivity contribution < 1.29 is 4.74 Å². The summed E-state index contributed by atoms with van der Waals surface area (Å²) in [6, 6.07) is 0. The first-order valence-corrected chi connectivity index (χ1v) is 3.31. The molecule has 0 rings (SSSR count). The van der Waals surface area contributed by atoms with Gasteiger partial charge in [-0.15, -0.1) is 0 Å². The molecule has 0 aromatic heterocycles. The van der Waals surface area contributed by atoms with Crippen molar-refractivity contribution in [3.8, 4) is 0 Å². The maximum Gasteiger partial charge on any atom is 0.260 e. The summed E-state index contributed by atoms with van der Waals surface area (Å²) < 4.78 is 4.76. The fourth-order valence-electron chi connectivity index (χ4n) is 0.353. The fraction of sp³-hybridized carbons (Fsp3) is 0. The molecule has 0 radical (unpaired) electrons. The molecule has 10 heavy (non-hydrogen) atoms. The molecule has 0 aromatic carbocycles. The first-order valence-electron chi connectivity index (χ1n) is 2.53. The lowest BCUT2D eigenvalue weighted by molar-refractivity contribution is 0.457. The van der Waals surface area contributed by atoms with E-state index in [1.54, 1.807) is 12.2 Å². The van der Waals surface area contributed by atoms with E-state index in [1.807, 2.05) is 0 Å². The Hall–Kier alpha value is -0.600. The Kier molecular flexibility index (Phi) is 4.89. The lowest BCUT2D eigenvalue weighted by Crippen LogP contribution is -1.89. The Balaban J connectivity index is 4.08. The quantitative estimate of drug-likeness (QED) is 0.282. The van der Waals surface area contributed by atoms with Gasteiger partial charge in [0, 0.05) is 0 Å². The highest BCUT2D eigenvalue weighted by Crippen LogP contribution is 2.02. The Morgan fingerprint density at radius 2 is 2.10 bits per heavy atom. The molecule has 0 atom stereocenters. The second-order valence-corrected chi connectivity index (χ2v) is 2.29. The number of hydrogen-bond donors (Lipinski definition) is 0. The second kappa shape index (κ2) is 5.21. The number of hydrogen-bond acceptors (Lipinski definition) is 2. The van der Waals surface area contributed by atoms with Crippen LogP contribution < -0.4 is 0 Å². The molecule has 0 heterocycles. The van der Waals surface area contributed by atoms with Crippen molar-refractivity contribution in [3.05, 3.63) is 37.1 Å². The number of rotatable bonds is 3. The van der Waals surface area contributed by atoms with E-state index in [4.69, 9.17) is 16.3 Å². The van der Waals surface area contributed by atoms with Gasteiger partial charge >= 0.3 is 0 Å². The van der Waals surface area contributed by atoms with Gasteiger partial charge in [-0.1, -0.05) is 19.2 Å². The molecule has 1 nitrogen and oxygen atoms in total. The normalized spacial score (nSPS) is 10.3. The van der Waals surface area contributed by atoms with Crippen molar-refractivity contribution in [1.82, 2.24) is 0 Å². The summed E-state index contributed by atoms with van der Waals surface area (Å²) in [5.41, 5.74) is 0. The minimum Gasteiger partial charge on any atom is -0.436 e. The van der Waals surface area contributed by atoms with Crippen LogP contribution in [-0.4, -0.2) is 4.51 Å². The summed E-state index contributed by atoms with van der Waals surface area (Å²) in [7, 11) is 0. The molecule has 0 bridgehead atoms. The molecule has 0 saturated carbocycles. The van der Waals surface area contributed by atoms with Crippen LogP contribution in [0.15, 0.2) is 37.1 Å². The summed E-state index contributed by atoms with van der Waals surface area (Å²) >= 11 is 9.75. The predicted molar refractivity (Wildman–Crippen MR) is 48.0 cm³/mol. The first-order chi connectivity index (χ1) is 4.70. The predicted octanol–water partition coefficient (Wildman–Crippen LogP) is 2.78. The highest BCUT2D eigenvalue weighted by atomic mass is 35.5. The zero-order valence-corrected chi connectivity index (χ0v) is 6.91. The molecule has 54 valence electrons. The molecule has 0 amide bonds. The molecule has 0 aliphatic rings. The lowest BCUT2D eigenvalue weighted by Gasteiger charge is -1.98. The number of ether oxygens (including phenoxy) is 1. The van der Waals surface area contributed by atoms with Crippen molar-refractivity contribution in [2.45, 2.75) is 0 Å². The van der Waals surface area contributed by atoms with Crippen LogP contribution in [-0.2, 0) is 4.74 Å². The number of halogens is 1. The van der Waals surface area contributed by atoms with Crippen LogP contribution >= 0.6 is 23.8 Å². The molecule has 0 spiro atoms. The molecule has 0 aliphatic carbocycles. The summed E-state index contributed by atoms with van der Waals surface area (Å²) in [5.74, 6) is 0.495. The molecular formula is C7H7ClOS. The lowest BCUT2D eigenvalue weighted by atomic mass is 10.4. The topological polar surface area (TPSA) is 9.23 Å². The van der Waals surface area contributed by atoms with Gasteiger partial charge in [0.25, 0.3) is 4.51 Å². The first kappa shape index (κ1) is 9.40. The molecule has 0 saturated heterocycles. The maximum atomic E-state index is 5.27. The minimum atomic E-state index is -0.0481. The SMILES string of the molecule is C=C/C=C(\C=C)OC(=S)Cl. The molecule has 0 aromatic rings. The summed E-state index contributed by atoms with van der Waals surface area (Å²) in [4.78, 5) is 0. The highest BCUT2D eigenvalue weighted by molar-refractivity contribution is 7.82. The van der Waals surface area contributed by atoms with E-state index in [2.05, 4.69) is 25.4 Å². The molecule has 3 heteroatoms. The average Bonchev–Trinajstić information content (AvgIpc) is 1.86. The third-order valence-electron chi connectivity index (χ3n) is 0.681. The van der Waals surface area contributed by atoms with Gasteiger partial charge in [0.2, 0.25) is 0 Å². The van der Waals surface area contributed by atoms with Gasteiger partial charge in [0.05, 0.1) is 0 Å². The molecule has 0 fully saturated rings. The monoisotopic (exact) mass is 174 g/mol. The van der Waals surface area contributed by atoms with Gasteiger partial charge in [-0.2, -0.15) is 0 Å². The van der Waals surface area contributed by atoms with Crippen molar-refractivity contribution in [3.63, 3.8) is 0 Å². The molecule has 0 aliphatic heterocycles. The Morgan fingerprint density at radius 3 is 2.40 bits per heavy atom. The summed E-state index contributed by atoms with van der Waals surface area (Å²) in [6.45, 7) is 6.94. The van der Waals surface area contributed by atoms with Crippen LogP contribution in [0.5, 0.6) is 0 Å². The minimum absolute atomic E-state index is 0.0481. The van der Waals surface area contributed by atoms with Crippen LogP contribution in [0, 0.1) is 0 Å². The van der Waals surface area contributed by atoms with Crippen LogP contribution in [0.25, 0.3) is 0 Å². The van der Waals surface area contributed by atoms with Crippen LogP contribution in [0.3, 0.4) is 0 Å². The van der Waals surface area contributed by atoms with Gasteiger partial charge in [-0.3, -0.25) is 0 Å². The maximum absolute atomic E-state index is 5.27. The highest BCUT2D eigenvalue weighted by Gasteiger charge is 1.92. The van der Waals surface area contributed by atoms with E-state index in [1.165, 1.54) is 6.08 Å². The Bertz CT molecular complexity index is 184. The van der Waals surface area contributed by atoms with Crippen molar-refractivity contribution in [2.24, 2.45) is 0 Å². The van der Waals surface area contributed by atoms with Crippen molar-refractivity contribution in [1.29, 1.82) is 0 Å². The smallest absolute Gasteiger partial charge is 0.260 e. The zero-order valence-electron chi connectivity index (χ0n) is 5.34. The standard InChI is InChI=1S/C7H7ClOS/c1-3-5-6(4-2)9-7(8)10/h3-5H,1-2H2/b6-5+. The third-order valence-corrected chi connectivity index (χ3v) is 0.842. The largest absolute Gasteiger partial charge is 0.436 e. The van der Waals surface area contributed by atoms with Crippen LogP contribution in [0.4, 0.5) is 0 Å².